The summed E-state index contributed by atoms with van der Waals surface area (Å²) in [6, 6.07) is 8.13. The van der Waals surface area contributed by atoms with Crippen molar-refractivity contribution in [2.45, 2.75) is 56.5 Å². The maximum atomic E-state index is 17.2. The zero-order valence-electron chi connectivity index (χ0n) is 26.1. The number of H-pyrrole nitrogens is 1. The lowest BCUT2D eigenvalue weighted by molar-refractivity contribution is 0.108. The molecule has 7 heterocycles. The van der Waals surface area contributed by atoms with Gasteiger partial charge in [-0.25, -0.2) is 9.11 Å². The van der Waals surface area contributed by atoms with Crippen LogP contribution in [0, 0.1) is 12.7 Å². The number of nitrogens with zero attached hydrogens (tertiary/aromatic N) is 6. The van der Waals surface area contributed by atoms with Crippen LogP contribution in [0.15, 0.2) is 36.7 Å². The molecule has 5 aromatic rings. The van der Waals surface area contributed by atoms with Gasteiger partial charge in [0.2, 0.25) is 0 Å². The van der Waals surface area contributed by atoms with E-state index >= 15 is 4.39 Å². The predicted molar refractivity (Wildman–Crippen MR) is 177 cm³/mol. The monoisotopic (exact) mass is 657 g/mol. The molecule has 3 N–H and O–H groups in total. The molecule has 4 saturated heterocycles. The van der Waals surface area contributed by atoms with Gasteiger partial charge in [0, 0.05) is 36.8 Å². The van der Waals surface area contributed by atoms with Gasteiger partial charge < -0.3 is 9.64 Å². The number of pyridine rings is 1. The summed E-state index contributed by atoms with van der Waals surface area (Å²) in [6.07, 6.45) is 9.12. The number of fused-ring (bicyclic) bond motifs is 4. The highest BCUT2D eigenvalue weighted by Crippen LogP contribution is 2.42. The molecular weight excluding hydrogens is 621 g/mol. The van der Waals surface area contributed by atoms with E-state index in [0.717, 1.165) is 72.4 Å². The Morgan fingerprint density at radius 2 is 1.87 bits per heavy atom. The topological polar surface area (TPSA) is 141 Å². The molecule has 0 bridgehead atoms. The molecule has 0 radical (unpaired) electrons. The number of nitrogens with one attached hydrogen (secondary N) is 3. The SMILES string of the molecule is Cc1cccc2cc3[nH]ncc3c(-c3ncc4c(N5CCCC6(CNS(=O)(=O)N6)C5)nc(OCC56CCCN5CCC6)nc4c3F)c12. The number of anilines is 1. The number of aromatic amines is 1. The summed E-state index contributed by atoms with van der Waals surface area (Å²) in [5.74, 6) is -0.0754. The van der Waals surface area contributed by atoms with Gasteiger partial charge in [-0.15, -0.1) is 0 Å². The Hall–Kier alpha value is -3.98. The van der Waals surface area contributed by atoms with Crippen molar-refractivity contribution < 1.29 is 17.5 Å². The quantitative estimate of drug-likeness (QED) is 0.256. The van der Waals surface area contributed by atoms with Gasteiger partial charge in [0.25, 0.3) is 10.2 Å². The van der Waals surface area contributed by atoms with E-state index in [1.165, 1.54) is 0 Å². The molecule has 3 aromatic heterocycles. The van der Waals surface area contributed by atoms with Crippen LogP contribution in [0.3, 0.4) is 0 Å². The van der Waals surface area contributed by atoms with E-state index in [1.54, 1.807) is 12.4 Å². The first-order chi connectivity index (χ1) is 22.7. The lowest BCUT2D eigenvalue weighted by atomic mass is 9.90. The Bertz CT molecular complexity index is 2180. The second-order valence-corrected chi connectivity index (χ2v) is 15.2. The molecule has 4 aliphatic heterocycles. The van der Waals surface area contributed by atoms with Crippen LogP contribution in [-0.2, 0) is 10.2 Å². The maximum Gasteiger partial charge on any atom is 0.319 e. The molecule has 4 aliphatic rings. The van der Waals surface area contributed by atoms with Gasteiger partial charge in [0.1, 0.15) is 23.6 Å². The smallest absolute Gasteiger partial charge is 0.319 e. The molecule has 12 nitrogen and oxygen atoms in total. The molecule has 2 aromatic carbocycles. The molecule has 47 heavy (non-hydrogen) atoms. The van der Waals surface area contributed by atoms with Crippen LogP contribution in [0.25, 0.3) is 43.8 Å². The molecular formula is C33H36FN9O3S. The number of hydrogen-bond acceptors (Lipinski definition) is 9. The van der Waals surface area contributed by atoms with E-state index in [-0.39, 0.29) is 29.3 Å². The zero-order chi connectivity index (χ0) is 32.0. The van der Waals surface area contributed by atoms with E-state index in [2.05, 4.69) is 24.5 Å². The molecule has 0 amide bonds. The highest BCUT2D eigenvalue weighted by molar-refractivity contribution is 7.87. The first kappa shape index (κ1) is 29.2. The van der Waals surface area contributed by atoms with E-state index < -0.39 is 21.6 Å². The second kappa shape index (κ2) is 10.5. The van der Waals surface area contributed by atoms with Crippen LogP contribution in [0.1, 0.15) is 44.1 Å². The minimum absolute atomic E-state index is 0.0449. The van der Waals surface area contributed by atoms with Crippen molar-refractivity contribution in [1.29, 1.82) is 0 Å². The highest BCUT2D eigenvalue weighted by Gasteiger charge is 2.46. The average molecular weight is 658 g/mol. The van der Waals surface area contributed by atoms with E-state index in [4.69, 9.17) is 19.7 Å². The van der Waals surface area contributed by atoms with Gasteiger partial charge in [0.15, 0.2) is 5.82 Å². The third-order valence-corrected chi connectivity index (χ3v) is 12.0. The zero-order valence-corrected chi connectivity index (χ0v) is 27.0. The molecule has 1 atom stereocenters. The van der Waals surface area contributed by atoms with Crippen molar-refractivity contribution in [3.8, 4) is 17.3 Å². The highest BCUT2D eigenvalue weighted by atomic mass is 32.2. The van der Waals surface area contributed by atoms with Crippen LogP contribution in [-0.4, -0.2) is 88.9 Å². The van der Waals surface area contributed by atoms with E-state index in [1.807, 2.05) is 36.1 Å². The van der Waals surface area contributed by atoms with Crippen LogP contribution in [0.5, 0.6) is 6.01 Å². The van der Waals surface area contributed by atoms with Crippen molar-refractivity contribution in [2.75, 3.05) is 44.2 Å². The normalized spacial score (nSPS) is 23.8. The lowest BCUT2D eigenvalue weighted by Crippen LogP contribution is -2.56. The molecule has 244 valence electrons. The Balaban J connectivity index is 1.21. The fraction of sp³-hybridized carbons (Fsp3) is 0.455. The fourth-order valence-corrected chi connectivity index (χ4v) is 9.93. The van der Waals surface area contributed by atoms with Crippen LogP contribution in [0.2, 0.25) is 0 Å². The standard InChI is InChI=1S/C33H36FN9O3S/c1-20-6-2-7-21-14-24-22(16-36-40-24)26(25(20)21)29-27(34)28-23(15-35-29)30(42-11-3-8-32(18-42)17-37-47(44,45)41-32)39-31(38-28)46-19-33-9-4-12-43(33)13-5-10-33/h2,6-7,14-16,37,41H,3-5,8-13,17-19H2,1H3,(H,36,40). The number of rotatable bonds is 5. The first-order valence-electron chi connectivity index (χ1n) is 16.4. The van der Waals surface area contributed by atoms with E-state index in [0.29, 0.717) is 42.9 Å². The Labute approximate surface area is 271 Å². The van der Waals surface area contributed by atoms with Crippen molar-refractivity contribution in [3.63, 3.8) is 0 Å². The molecule has 9 rings (SSSR count). The third-order valence-electron chi connectivity index (χ3n) is 10.8. The average Bonchev–Trinajstić information content (AvgIpc) is 3.83. The Morgan fingerprint density at radius 3 is 2.68 bits per heavy atom. The minimum atomic E-state index is -3.58. The van der Waals surface area contributed by atoms with Crippen LogP contribution in [0.4, 0.5) is 10.2 Å². The number of ether oxygens (including phenoxy) is 1. The maximum absolute atomic E-state index is 17.2. The summed E-state index contributed by atoms with van der Waals surface area (Å²) in [7, 11) is -3.58. The van der Waals surface area contributed by atoms with Gasteiger partial charge in [-0.1, -0.05) is 18.2 Å². The van der Waals surface area contributed by atoms with Crippen LogP contribution < -0.4 is 19.1 Å². The minimum Gasteiger partial charge on any atom is -0.461 e. The van der Waals surface area contributed by atoms with Crippen LogP contribution >= 0.6 is 0 Å². The molecule has 0 aliphatic carbocycles. The second-order valence-electron chi connectivity index (χ2n) is 13.7. The van der Waals surface area contributed by atoms with Gasteiger partial charge >= 0.3 is 6.01 Å². The Morgan fingerprint density at radius 1 is 1.04 bits per heavy atom. The molecule has 0 saturated carbocycles. The summed E-state index contributed by atoms with van der Waals surface area (Å²) in [4.78, 5) is 18.9. The number of aromatic nitrogens is 5. The number of halogens is 1. The van der Waals surface area contributed by atoms with Gasteiger partial charge in [-0.3, -0.25) is 15.0 Å². The molecule has 1 unspecified atom stereocenters. The number of aryl methyl sites for hydroxylation is 1. The summed E-state index contributed by atoms with van der Waals surface area (Å²) in [5, 5.41) is 10.4. The predicted octanol–water partition coefficient (Wildman–Crippen LogP) is 3.95. The van der Waals surface area contributed by atoms with Gasteiger partial charge in [0.05, 0.1) is 28.2 Å². The van der Waals surface area contributed by atoms with E-state index in [9.17, 15) is 8.42 Å². The van der Waals surface area contributed by atoms with Crippen molar-refractivity contribution in [3.05, 3.63) is 48.0 Å². The van der Waals surface area contributed by atoms with Gasteiger partial charge in [-0.2, -0.15) is 28.2 Å². The summed E-state index contributed by atoms with van der Waals surface area (Å²) in [6.45, 7) is 5.82. The number of benzene rings is 2. The molecule has 14 heteroatoms. The number of piperidine rings is 1. The summed E-state index contributed by atoms with van der Waals surface area (Å²) < 4.78 is 53.7. The summed E-state index contributed by atoms with van der Waals surface area (Å²) in [5.41, 5.74) is 2.00. The molecule has 4 fully saturated rings. The first-order valence-corrected chi connectivity index (χ1v) is 17.9. The summed E-state index contributed by atoms with van der Waals surface area (Å²) >= 11 is 0. The van der Waals surface area contributed by atoms with Crippen molar-refractivity contribution >= 4 is 48.6 Å². The molecule has 1 spiro atoms. The largest absolute Gasteiger partial charge is 0.461 e. The van der Waals surface area contributed by atoms with Crippen molar-refractivity contribution in [1.82, 2.24) is 39.5 Å². The van der Waals surface area contributed by atoms with Crippen molar-refractivity contribution in [2.24, 2.45) is 0 Å². The van der Waals surface area contributed by atoms with Gasteiger partial charge in [-0.05, 0) is 80.9 Å². The lowest BCUT2D eigenvalue weighted by Gasteiger charge is -2.40. The third kappa shape index (κ3) is 4.67. The fourth-order valence-electron chi connectivity index (χ4n) is 8.59. The Kier molecular flexibility index (Phi) is 6.53. The number of hydrogen-bond donors (Lipinski definition) is 3.